The summed E-state index contributed by atoms with van der Waals surface area (Å²) in [5.41, 5.74) is 5.84. The Hall–Kier alpha value is -2.06. The number of benzene rings is 1. The number of nitrogens with zero attached hydrogens (tertiary/aromatic N) is 1. The molecule has 0 heterocycles. The number of ether oxygens (including phenoxy) is 1. The Morgan fingerprint density at radius 2 is 2.33 bits per heavy atom. The molecule has 1 rings (SSSR count). The van der Waals surface area contributed by atoms with E-state index in [1.54, 1.807) is 6.07 Å². The normalized spacial score (nSPS) is 9.40. The lowest BCUT2D eigenvalue weighted by molar-refractivity contribution is 0.0597. The summed E-state index contributed by atoms with van der Waals surface area (Å²) in [6.45, 7) is 0.123. The quantitative estimate of drug-likeness (QED) is 0.687. The third-order valence-electron chi connectivity index (χ3n) is 2.00. The molecule has 0 bridgehead atoms. The van der Waals surface area contributed by atoms with Crippen molar-refractivity contribution in [3.05, 3.63) is 28.8 Å². The summed E-state index contributed by atoms with van der Waals surface area (Å²) in [5.74, 6) is -1.07. The molecular weight excluding hydrogens is 196 g/mol. The molecule has 0 aliphatic carbocycles. The van der Waals surface area contributed by atoms with Crippen LogP contribution in [-0.4, -0.2) is 18.2 Å². The number of rotatable bonds is 2. The Balaban J connectivity index is 3.37. The van der Waals surface area contributed by atoms with Gasteiger partial charge in [-0.2, -0.15) is 5.26 Å². The summed E-state index contributed by atoms with van der Waals surface area (Å²) in [6.07, 6.45) is 0. The third-order valence-corrected chi connectivity index (χ3v) is 2.00. The molecule has 78 valence electrons. The van der Waals surface area contributed by atoms with E-state index < -0.39 is 5.97 Å². The van der Waals surface area contributed by atoms with Crippen LogP contribution in [0.15, 0.2) is 12.1 Å². The van der Waals surface area contributed by atoms with Crippen LogP contribution in [0.5, 0.6) is 5.75 Å². The second kappa shape index (κ2) is 4.44. The summed E-state index contributed by atoms with van der Waals surface area (Å²) < 4.78 is 4.45. The average Bonchev–Trinajstić information content (AvgIpc) is 2.27. The van der Waals surface area contributed by atoms with E-state index in [9.17, 15) is 9.90 Å². The summed E-state index contributed by atoms with van der Waals surface area (Å²) >= 11 is 0. The molecule has 0 fully saturated rings. The number of carbonyl (C=O) groups is 1. The van der Waals surface area contributed by atoms with Gasteiger partial charge >= 0.3 is 5.97 Å². The van der Waals surface area contributed by atoms with Crippen molar-refractivity contribution in [2.75, 3.05) is 7.11 Å². The molecule has 5 heteroatoms. The van der Waals surface area contributed by atoms with Crippen LogP contribution in [0.3, 0.4) is 0 Å². The lowest BCUT2D eigenvalue weighted by atomic mass is 10.0. The van der Waals surface area contributed by atoms with Crippen LogP contribution >= 0.6 is 0 Å². The van der Waals surface area contributed by atoms with Crippen molar-refractivity contribution >= 4 is 5.97 Å². The molecule has 3 N–H and O–H groups in total. The van der Waals surface area contributed by atoms with Crippen molar-refractivity contribution in [3.8, 4) is 11.8 Å². The van der Waals surface area contributed by atoms with Gasteiger partial charge in [0, 0.05) is 6.54 Å². The van der Waals surface area contributed by atoms with E-state index in [0.29, 0.717) is 5.56 Å². The first-order valence-electron chi connectivity index (χ1n) is 4.19. The minimum atomic E-state index is -0.687. The van der Waals surface area contributed by atoms with Crippen molar-refractivity contribution < 1.29 is 14.6 Å². The molecule has 0 atom stereocenters. The lowest BCUT2D eigenvalue weighted by Crippen LogP contribution is -2.06. The Bertz CT molecular complexity index is 435. The molecule has 0 amide bonds. The fourth-order valence-electron chi connectivity index (χ4n) is 1.20. The molecule has 0 radical (unpaired) electrons. The number of aromatic hydroxyl groups is 1. The van der Waals surface area contributed by atoms with Crippen LogP contribution in [0.25, 0.3) is 0 Å². The van der Waals surface area contributed by atoms with Crippen LogP contribution in [0, 0.1) is 11.3 Å². The molecule has 0 spiro atoms. The Morgan fingerprint density at radius 3 is 2.80 bits per heavy atom. The summed E-state index contributed by atoms with van der Waals surface area (Å²) in [4.78, 5) is 11.2. The van der Waals surface area contributed by atoms with E-state index in [-0.39, 0.29) is 23.4 Å². The molecular formula is C10H10N2O3. The zero-order valence-corrected chi connectivity index (χ0v) is 8.15. The van der Waals surface area contributed by atoms with Gasteiger partial charge < -0.3 is 15.6 Å². The fraction of sp³-hybridized carbons (Fsp3) is 0.200. The first kappa shape index (κ1) is 11.0. The third kappa shape index (κ3) is 1.90. The summed E-state index contributed by atoms with van der Waals surface area (Å²) in [6, 6.07) is 4.69. The van der Waals surface area contributed by atoms with Crippen molar-refractivity contribution in [1.82, 2.24) is 0 Å². The monoisotopic (exact) mass is 206 g/mol. The van der Waals surface area contributed by atoms with Crippen LogP contribution in [-0.2, 0) is 11.3 Å². The smallest absolute Gasteiger partial charge is 0.341 e. The highest BCUT2D eigenvalue weighted by Crippen LogP contribution is 2.25. The Labute approximate surface area is 86.7 Å². The SMILES string of the molecule is COC(=O)c1ccc(CN)c(C#N)c1O. The first-order valence-corrected chi connectivity index (χ1v) is 4.19. The van der Waals surface area contributed by atoms with Crippen molar-refractivity contribution in [3.63, 3.8) is 0 Å². The highest BCUT2D eigenvalue weighted by atomic mass is 16.5. The number of carbonyl (C=O) groups excluding carboxylic acids is 1. The zero-order chi connectivity index (χ0) is 11.4. The molecule has 0 aliphatic heterocycles. The number of hydrogen-bond donors (Lipinski definition) is 2. The van der Waals surface area contributed by atoms with Crippen molar-refractivity contribution in [2.24, 2.45) is 5.73 Å². The molecule has 0 unspecified atom stereocenters. The first-order chi connectivity index (χ1) is 7.15. The fourth-order valence-corrected chi connectivity index (χ4v) is 1.20. The van der Waals surface area contributed by atoms with Gasteiger partial charge in [-0.1, -0.05) is 6.07 Å². The van der Waals surface area contributed by atoms with Gasteiger partial charge in [-0.25, -0.2) is 4.79 Å². The second-order valence-corrected chi connectivity index (χ2v) is 2.80. The Morgan fingerprint density at radius 1 is 1.67 bits per heavy atom. The molecule has 0 aromatic heterocycles. The average molecular weight is 206 g/mol. The van der Waals surface area contributed by atoms with E-state index in [1.807, 2.05) is 0 Å². The molecule has 1 aromatic carbocycles. The van der Waals surface area contributed by atoms with Gasteiger partial charge in [0.25, 0.3) is 0 Å². The zero-order valence-electron chi connectivity index (χ0n) is 8.15. The summed E-state index contributed by atoms with van der Waals surface area (Å²) in [5, 5.41) is 18.4. The second-order valence-electron chi connectivity index (χ2n) is 2.80. The van der Waals surface area contributed by atoms with Gasteiger partial charge in [0.15, 0.2) is 0 Å². The molecule has 0 aliphatic rings. The number of phenolic OH excluding ortho intramolecular Hbond substituents is 1. The molecule has 1 aromatic rings. The molecule has 5 nitrogen and oxygen atoms in total. The highest BCUT2D eigenvalue weighted by molar-refractivity contribution is 5.93. The lowest BCUT2D eigenvalue weighted by Gasteiger charge is -2.07. The van der Waals surface area contributed by atoms with Crippen molar-refractivity contribution in [2.45, 2.75) is 6.54 Å². The number of nitrogens with two attached hydrogens (primary N) is 1. The minimum absolute atomic E-state index is 0.0143. The van der Waals surface area contributed by atoms with Crippen LogP contribution in [0.4, 0.5) is 0 Å². The van der Waals surface area contributed by atoms with Gasteiger partial charge in [-0.3, -0.25) is 0 Å². The maximum absolute atomic E-state index is 11.2. The predicted molar refractivity (Wildman–Crippen MR) is 52.1 cm³/mol. The van der Waals surface area contributed by atoms with Gasteiger partial charge in [0.2, 0.25) is 0 Å². The maximum Gasteiger partial charge on any atom is 0.341 e. The van der Waals surface area contributed by atoms with Gasteiger partial charge in [-0.15, -0.1) is 0 Å². The van der Waals surface area contributed by atoms with E-state index in [2.05, 4.69) is 4.74 Å². The molecule has 0 saturated heterocycles. The number of hydrogen-bond acceptors (Lipinski definition) is 5. The van der Waals surface area contributed by atoms with Crippen LogP contribution < -0.4 is 5.73 Å². The number of phenols is 1. The summed E-state index contributed by atoms with van der Waals surface area (Å²) in [7, 11) is 1.20. The number of methoxy groups -OCH3 is 1. The topological polar surface area (TPSA) is 96.3 Å². The predicted octanol–water partition coefficient (Wildman–Crippen LogP) is 0.509. The van der Waals surface area contributed by atoms with Crippen molar-refractivity contribution in [1.29, 1.82) is 5.26 Å². The van der Waals surface area contributed by atoms with Crippen LogP contribution in [0.2, 0.25) is 0 Å². The highest BCUT2D eigenvalue weighted by Gasteiger charge is 2.17. The van der Waals surface area contributed by atoms with E-state index in [4.69, 9.17) is 11.0 Å². The van der Waals surface area contributed by atoms with E-state index >= 15 is 0 Å². The maximum atomic E-state index is 11.2. The van der Waals surface area contributed by atoms with Crippen LogP contribution in [0.1, 0.15) is 21.5 Å². The number of esters is 1. The van der Waals surface area contributed by atoms with E-state index in [1.165, 1.54) is 19.2 Å². The Kier molecular flexibility index (Phi) is 3.26. The molecule has 0 saturated carbocycles. The standard InChI is InChI=1S/C10H10N2O3/c1-15-10(14)7-3-2-6(4-11)8(5-12)9(7)13/h2-3,13H,4,11H2,1H3. The minimum Gasteiger partial charge on any atom is -0.506 e. The molecule has 15 heavy (non-hydrogen) atoms. The van der Waals surface area contributed by atoms with Gasteiger partial charge in [-0.05, 0) is 11.6 Å². The largest absolute Gasteiger partial charge is 0.506 e. The van der Waals surface area contributed by atoms with E-state index in [0.717, 1.165) is 0 Å². The van der Waals surface area contributed by atoms with Gasteiger partial charge in [0.1, 0.15) is 17.4 Å². The van der Waals surface area contributed by atoms with Gasteiger partial charge in [0.05, 0.1) is 12.7 Å². The number of nitriles is 1.